The zero-order chi connectivity index (χ0) is 55.5. The lowest BCUT2D eigenvalue weighted by molar-refractivity contribution is -0.164. The highest BCUT2D eigenvalue weighted by Gasteiger charge is 2.34. The molecule has 0 aromatic carbocycles. The number of esters is 1. The second-order valence-electron chi connectivity index (χ2n) is 19.1. The summed E-state index contributed by atoms with van der Waals surface area (Å²) in [5.41, 5.74) is 0.872. The second-order valence-corrected chi connectivity index (χ2v) is 19.1. The molecule has 1 amide bonds. The number of Topliss-reactive ketones (excluding diaryl/α,β-unsaturated/α-hetero) is 2. The number of hydrogen-bond acceptors (Lipinski definition) is 15. The van der Waals surface area contributed by atoms with E-state index in [4.69, 9.17) is 29.5 Å². The van der Waals surface area contributed by atoms with Gasteiger partial charge in [0.2, 0.25) is 6.29 Å². The van der Waals surface area contributed by atoms with Crippen LogP contribution in [0.5, 0.6) is 0 Å². The number of hydrogen-bond donors (Lipinski definition) is 5. The number of ketones is 2. The molecule has 0 bridgehead atoms. The molecular formula is C57H103NO15. The van der Waals surface area contributed by atoms with Crippen molar-refractivity contribution >= 4 is 36.2 Å². The Bertz CT molecular complexity index is 1550. The van der Waals surface area contributed by atoms with Gasteiger partial charge in [-0.3, -0.25) is 28.8 Å². The highest BCUT2D eigenvalue weighted by atomic mass is 16.6. The molecule has 426 valence electrons. The van der Waals surface area contributed by atoms with Gasteiger partial charge in [-0.05, 0) is 103 Å². The molecule has 2 heterocycles. The molecule has 3 fully saturated rings. The summed E-state index contributed by atoms with van der Waals surface area (Å²) in [5, 5.41) is 44.9. The van der Waals surface area contributed by atoms with Crippen molar-refractivity contribution in [1.82, 2.24) is 4.90 Å². The van der Waals surface area contributed by atoms with Crippen LogP contribution in [0.1, 0.15) is 173 Å². The molecule has 16 heteroatoms. The van der Waals surface area contributed by atoms with E-state index >= 15 is 0 Å². The molecule has 5 N–H and O–H groups in total. The lowest BCUT2D eigenvalue weighted by Gasteiger charge is -2.28. The minimum atomic E-state index is -1.15. The van der Waals surface area contributed by atoms with Crippen LogP contribution in [0, 0.1) is 29.1 Å². The van der Waals surface area contributed by atoms with Crippen LogP contribution in [0.4, 0.5) is 0 Å². The Labute approximate surface area is 441 Å². The number of rotatable bonds is 23. The number of allylic oxidation sites excluding steroid dienone is 6. The number of likely N-dealkylation sites (tertiary alicyclic amines) is 1. The first-order chi connectivity index (χ1) is 34.3. The van der Waals surface area contributed by atoms with Crippen LogP contribution in [0.15, 0.2) is 47.6 Å². The molecule has 3 rings (SSSR count). The molecule has 16 nitrogen and oxygen atoms in total. The lowest BCUT2D eigenvalue weighted by atomic mass is 9.88. The van der Waals surface area contributed by atoms with E-state index in [2.05, 4.69) is 18.6 Å². The first-order valence-corrected chi connectivity index (χ1v) is 26.2. The van der Waals surface area contributed by atoms with Crippen molar-refractivity contribution in [2.75, 3.05) is 53.7 Å². The third-order valence-corrected chi connectivity index (χ3v) is 12.6. The zero-order valence-electron chi connectivity index (χ0n) is 46.4. The summed E-state index contributed by atoms with van der Waals surface area (Å²) >= 11 is 0. The molecule has 1 aliphatic carbocycles. The molecule has 2 saturated heterocycles. The molecule has 1 saturated carbocycles. The highest BCUT2D eigenvalue weighted by Crippen LogP contribution is 2.27. The van der Waals surface area contributed by atoms with Crippen LogP contribution >= 0.6 is 0 Å². The number of piperidine rings is 1. The van der Waals surface area contributed by atoms with Gasteiger partial charge in [0, 0.05) is 71.1 Å². The summed E-state index contributed by atoms with van der Waals surface area (Å²) in [7, 11) is 2.38. The van der Waals surface area contributed by atoms with E-state index < -0.39 is 29.8 Å². The van der Waals surface area contributed by atoms with Crippen molar-refractivity contribution in [3.8, 4) is 0 Å². The summed E-state index contributed by atoms with van der Waals surface area (Å²) in [6.45, 7) is 21.8. The number of methoxy groups -OCH3 is 1. The first kappa shape index (κ1) is 75.6. The van der Waals surface area contributed by atoms with E-state index in [0.717, 1.165) is 83.7 Å². The lowest BCUT2D eigenvalue weighted by Crippen LogP contribution is -2.37. The molecule has 3 aliphatic rings. The van der Waals surface area contributed by atoms with E-state index in [9.17, 15) is 39.0 Å². The summed E-state index contributed by atoms with van der Waals surface area (Å²) < 4.78 is 20.2. The van der Waals surface area contributed by atoms with Crippen LogP contribution in [0.2, 0.25) is 0 Å². The van der Waals surface area contributed by atoms with Gasteiger partial charge in [-0.2, -0.15) is 0 Å². The molecule has 73 heavy (non-hydrogen) atoms. The molecule has 2 aliphatic heterocycles. The molecule has 1 unspecified atom stereocenters. The molecule has 0 radical (unpaired) electrons. The zero-order valence-corrected chi connectivity index (χ0v) is 46.4. The Kier molecular flexibility index (Phi) is 49.5. The maximum atomic E-state index is 12.7. The molecule has 0 aromatic heterocycles. The predicted octanol–water partition coefficient (Wildman–Crippen LogP) is 8.63. The third-order valence-electron chi connectivity index (χ3n) is 12.6. The molecule has 0 spiro atoms. The molecule has 0 aromatic rings. The van der Waals surface area contributed by atoms with Crippen LogP contribution in [-0.4, -0.2) is 145 Å². The fourth-order valence-corrected chi connectivity index (χ4v) is 7.04. The third kappa shape index (κ3) is 35.9. The first-order valence-electron chi connectivity index (χ1n) is 26.2. The van der Waals surface area contributed by atoms with E-state index in [-0.39, 0.29) is 81.5 Å². The molecular weight excluding hydrogens is 939 g/mol. The average molecular weight is 1040 g/mol. The van der Waals surface area contributed by atoms with Gasteiger partial charge in [0.05, 0.1) is 18.6 Å². The Balaban J connectivity index is -0.000000493. The van der Waals surface area contributed by atoms with Gasteiger partial charge in [0.25, 0.3) is 12.4 Å². The fourth-order valence-electron chi connectivity index (χ4n) is 7.04. The Morgan fingerprint density at radius 1 is 0.836 bits per heavy atom. The highest BCUT2D eigenvalue weighted by molar-refractivity contribution is 6.23. The van der Waals surface area contributed by atoms with Gasteiger partial charge in [0.1, 0.15) is 24.1 Å². The smallest absolute Gasteiger partial charge is 0.314 e. The molecule has 8 atom stereocenters. The fraction of sp³-hybridized carbons (Fsp3) is 0.754. The number of aliphatic hydroxyl groups excluding tert-OH is 5. The van der Waals surface area contributed by atoms with Crippen molar-refractivity contribution in [3.05, 3.63) is 47.6 Å². The van der Waals surface area contributed by atoms with E-state index in [1.54, 1.807) is 31.7 Å². The van der Waals surface area contributed by atoms with Crippen molar-refractivity contribution < 1.29 is 73.2 Å². The monoisotopic (exact) mass is 1040 g/mol. The van der Waals surface area contributed by atoms with E-state index in [0.29, 0.717) is 37.1 Å². The standard InChI is InChI=1S/C27H42O7.C12H22O3.C7H11NO2.C6H12O2.C3H8.CH4O.CH4/c1-19(10-8-7-9-11-20(2)23(5)17-28)12-13-25(31)27(33-6)26(32)22(4)16-21(3)24(30)14-15-34-18-29;1-3-12(2,9-13)11(14)15-10-7-5-4-6-8-10;9-6-7(10)8-4-2-1-3-5-8;1-5-3-2-4-8-6(5)7;1-3-2;1-2;/h7-11,16,18-19,21,23,26-28,32H,12-15,17H2,1-6H3;10,13H,3-9H2,1-2H3;6H,1-5H2;5-7H,2-4H2,1H3;3H2,1-2H3;2H,1H3;1H4/b9-7+,10-8+,20-11+,22-16+;;;;;;/t19-,21-,23-,26-,27+;;;5-,6+;;;/m1..1.../s1. The number of aliphatic hydroxyl groups is 5. The van der Waals surface area contributed by atoms with Crippen molar-refractivity contribution in [1.29, 1.82) is 0 Å². The number of aldehydes is 1. The van der Waals surface area contributed by atoms with Crippen molar-refractivity contribution in [2.45, 2.75) is 198 Å². The normalized spacial score (nSPS) is 19.9. The van der Waals surface area contributed by atoms with Crippen LogP contribution < -0.4 is 0 Å². The van der Waals surface area contributed by atoms with E-state index in [1.807, 2.05) is 65.0 Å². The number of nitrogens with zero attached hydrogens (tertiary/aromatic N) is 1. The van der Waals surface area contributed by atoms with Gasteiger partial charge in [0.15, 0.2) is 12.1 Å². The maximum absolute atomic E-state index is 12.7. The van der Waals surface area contributed by atoms with Gasteiger partial charge in [-0.15, -0.1) is 0 Å². The van der Waals surface area contributed by atoms with Crippen molar-refractivity contribution in [3.63, 3.8) is 0 Å². The van der Waals surface area contributed by atoms with Crippen LogP contribution in [-0.2, 0) is 47.7 Å². The number of ether oxygens (including phenoxy) is 4. The minimum Gasteiger partial charge on any atom is -0.467 e. The Morgan fingerprint density at radius 2 is 1.42 bits per heavy atom. The SMILES string of the molecule is C.CCC.CCC(C)(CO)C(=O)OC1CCCCC1.CO.CO[C@@H](C(=O)CC[C@H](C)/C=C/C=C/C=C(\C)[C@H](C)CO)[C@H](O)/C(C)=C/[C@@H](C)C(=O)CCOC=O.C[C@@H]1CCCO[C@@H]1O.O=CC(=O)N1CCCCC1. The summed E-state index contributed by atoms with van der Waals surface area (Å²) in [4.78, 5) is 69.1. The number of carbonyl (C=O) groups is 6. The summed E-state index contributed by atoms with van der Waals surface area (Å²) in [5.74, 6) is -0.783. The Morgan fingerprint density at radius 3 is 1.90 bits per heavy atom. The van der Waals surface area contributed by atoms with E-state index in [1.165, 1.54) is 26.4 Å². The number of carbonyl (C=O) groups excluding carboxylic acids is 6. The maximum Gasteiger partial charge on any atom is 0.314 e. The van der Waals surface area contributed by atoms with Gasteiger partial charge in [-0.25, -0.2) is 0 Å². The largest absolute Gasteiger partial charge is 0.467 e. The van der Waals surface area contributed by atoms with Crippen LogP contribution in [0.3, 0.4) is 0 Å². The average Bonchev–Trinajstić information content (AvgIpc) is 3.39. The van der Waals surface area contributed by atoms with Gasteiger partial charge < -0.3 is 49.4 Å². The summed E-state index contributed by atoms with van der Waals surface area (Å²) in [6.07, 6.45) is 23.0. The summed E-state index contributed by atoms with van der Waals surface area (Å²) in [6, 6.07) is 0. The van der Waals surface area contributed by atoms with Gasteiger partial charge in [-0.1, -0.05) is 111 Å². The number of amides is 1. The second kappa shape index (κ2) is 47.8. The minimum absolute atomic E-state index is 0. The predicted molar refractivity (Wildman–Crippen MR) is 289 cm³/mol. The quantitative estimate of drug-likeness (QED) is 0.0161. The van der Waals surface area contributed by atoms with Crippen LogP contribution in [0.25, 0.3) is 0 Å². The van der Waals surface area contributed by atoms with Crippen molar-refractivity contribution in [2.24, 2.45) is 29.1 Å². The van der Waals surface area contributed by atoms with Gasteiger partial charge >= 0.3 is 5.97 Å². The Hall–Kier alpha value is -3.90. The topological polar surface area (TPSA) is 244 Å².